The van der Waals surface area contributed by atoms with Gasteiger partial charge in [0.15, 0.2) is 0 Å². The fraction of sp³-hybridized carbons (Fsp3) is 0.250. The summed E-state index contributed by atoms with van der Waals surface area (Å²) in [5.74, 6) is 0. The molecule has 1 atom stereocenters. The Balaban J connectivity index is 2.22. The van der Waals surface area contributed by atoms with Crippen LogP contribution >= 0.6 is 27.5 Å². The Morgan fingerprint density at radius 2 is 1.68 bits per heavy atom. The van der Waals surface area contributed by atoms with Gasteiger partial charge in [-0.15, -0.1) is 0 Å². The first kappa shape index (κ1) is 14.4. The minimum atomic E-state index is 0.246. The topological polar surface area (TPSA) is 12.0 Å². The summed E-state index contributed by atoms with van der Waals surface area (Å²) < 4.78 is 0.983. The summed E-state index contributed by atoms with van der Waals surface area (Å²) >= 11 is 9.48. The second-order valence-electron chi connectivity index (χ2n) is 4.91. The van der Waals surface area contributed by atoms with Crippen LogP contribution in [0.4, 0.5) is 5.69 Å². The van der Waals surface area contributed by atoms with Crippen molar-refractivity contribution in [2.24, 2.45) is 0 Å². The van der Waals surface area contributed by atoms with Gasteiger partial charge in [0.2, 0.25) is 0 Å². The Kier molecular flexibility index (Phi) is 4.54. The maximum Gasteiger partial charge on any atom is 0.0490 e. The van der Waals surface area contributed by atoms with E-state index in [9.17, 15) is 0 Å². The van der Waals surface area contributed by atoms with E-state index in [4.69, 9.17) is 11.6 Å². The minimum absolute atomic E-state index is 0.246. The van der Waals surface area contributed by atoms with E-state index in [0.717, 1.165) is 15.2 Å². The van der Waals surface area contributed by atoms with E-state index in [0.29, 0.717) is 0 Å². The molecule has 0 aliphatic rings. The SMILES string of the molecule is Cc1cc(C)cc(C(C)Nc2ccc(Cl)cc2Br)c1. The lowest BCUT2D eigenvalue weighted by atomic mass is 10.0. The molecule has 0 fully saturated rings. The third kappa shape index (κ3) is 3.74. The largest absolute Gasteiger partial charge is 0.378 e. The van der Waals surface area contributed by atoms with Gasteiger partial charge in [-0.25, -0.2) is 0 Å². The van der Waals surface area contributed by atoms with E-state index < -0.39 is 0 Å². The van der Waals surface area contributed by atoms with Gasteiger partial charge in [-0.05, 0) is 60.5 Å². The van der Waals surface area contributed by atoms with Crippen molar-refractivity contribution in [1.29, 1.82) is 0 Å². The molecule has 0 aromatic heterocycles. The lowest BCUT2D eigenvalue weighted by Gasteiger charge is -2.18. The van der Waals surface area contributed by atoms with Crippen LogP contribution in [0, 0.1) is 13.8 Å². The predicted molar refractivity (Wildman–Crippen MR) is 87.1 cm³/mol. The van der Waals surface area contributed by atoms with Gasteiger partial charge in [0.1, 0.15) is 0 Å². The normalized spacial score (nSPS) is 12.3. The Morgan fingerprint density at radius 3 is 2.26 bits per heavy atom. The van der Waals surface area contributed by atoms with Crippen molar-refractivity contribution in [1.82, 2.24) is 0 Å². The zero-order valence-corrected chi connectivity index (χ0v) is 13.6. The number of hydrogen-bond donors (Lipinski definition) is 1. The summed E-state index contributed by atoms with van der Waals surface area (Å²) in [6.45, 7) is 6.41. The van der Waals surface area contributed by atoms with Crippen molar-refractivity contribution < 1.29 is 0 Å². The molecule has 0 aliphatic heterocycles. The number of benzene rings is 2. The summed E-state index contributed by atoms with van der Waals surface area (Å²) in [5, 5.41) is 4.24. The van der Waals surface area contributed by atoms with Crippen molar-refractivity contribution in [3.05, 3.63) is 62.6 Å². The van der Waals surface area contributed by atoms with Crippen molar-refractivity contribution in [3.63, 3.8) is 0 Å². The summed E-state index contributed by atoms with van der Waals surface area (Å²) in [6.07, 6.45) is 0. The molecule has 0 amide bonds. The van der Waals surface area contributed by atoms with Gasteiger partial charge in [-0.1, -0.05) is 40.9 Å². The lowest BCUT2D eigenvalue weighted by molar-refractivity contribution is 0.879. The average molecular weight is 339 g/mol. The predicted octanol–water partition coefficient (Wildman–Crippen LogP) is 5.89. The molecule has 0 bridgehead atoms. The monoisotopic (exact) mass is 337 g/mol. The molecule has 1 N–H and O–H groups in total. The quantitative estimate of drug-likeness (QED) is 0.735. The van der Waals surface area contributed by atoms with Crippen LogP contribution < -0.4 is 5.32 Å². The number of rotatable bonds is 3. The van der Waals surface area contributed by atoms with Gasteiger partial charge in [-0.2, -0.15) is 0 Å². The first-order chi connectivity index (χ1) is 8.95. The standard InChI is InChI=1S/C16H17BrClN/c1-10-6-11(2)8-13(7-10)12(3)19-16-5-4-14(18)9-15(16)17/h4-9,12,19H,1-3H3. The molecule has 1 nitrogen and oxygen atoms in total. The molecule has 1 unspecified atom stereocenters. The first-order valence-corrected chi connectivity index (χ1v) is 7.42. The van der Waals surface area contributed by atoms with Crippen LogP contribution in [0.5, 0.6) is 0 Å². The molecule has 19 heavy (non-hydrogen) atoms. The molecule has 0 saturated carbocycles. The zero-order valence-electron chi connectivity index (χ0n) is 11.3. The number of halogens is 2. The summed E-state index contributed by atoms with van der Waals surface area (Å²) in [4.78, 5) is 0. The summed E-state index contributed by atoms with van der Waals surface area (Å²) in [7, 11) is 0. The minimum Gasteiger partial charge on any atom is -0.378 e. The van der Waals surface area contributed by atoms with E-state index in [1.54, 1.807) is 0 Å². The molecule has 0 spiro atoms. The van der Waals surface area contributed by atoms with Crippen molar-refractivity contribution in [3.8, 4) is 0 Å². The van der Waals surface area contributed by atoms with Crippen LogP contribution in [-0.2, 0) is 0 Å². The van der Waals surface area contributed by atoms with Crippen LogP contribution in [0.1, 0.15) is 29.7 Å². The Bertz CT molecular complexity index is 575. The van der Waals surface area contributed by atoms with Gasteiger partial charge in [0.25, 0.3) is 0 Å². The van der Waals surface area contributed by atoms with E-state index in [1.807, 2.05) is 18.2 Å². The highest BCUT2D eigenvalue weighted by Gasteiger charge is 2.08. The Morgan fingerprint density at radius 1 is 1.05 bits per heavy atom. The van der Waals surface area contributed by atoms with Gasteiger partial charge in [0, 0.05) is 21.2 Å². The molecule has 3 heteroatoms. The molecule has 0 heterocycles. The van der Waals surface area contributed by atoms with Crippen LogP contribution in [-0.4, -0.2) is 0 Å². The average Bonchev–Trinajstić information content (AvgIpc) is 2.31. The van der Waals surface area contributed by atoms with Gasteiger partial charge < -0.3 is 5.32 Å². The molecule has 0 radical (unpaired) electrons. The van der Waals surface area contributed by atoms with Gasteiger partial charge in [0.05, 0.1) is 0 Å². The fourth-order valence-electron chi connectivity index (χ4n) is 2.18. The third-order valence-corrected chi connectivity index (χ3v) is 3.94. The zero-order chi connectivity index (χ0) is 14.0. The molecular weight excluding hydrogens is 322 g/mol. The summed E-state index contributed by atoms with van der Waals surface area (Å²) in [5.41, 5.74) is 4.92. The maximum absolute atomic E-state index is 5.95. The van der Waals surface area contributed by atoms with Gasteiger partial charge >= 0.3 is 0 Å². The molecule has 2 aromatic carbocycles. The van der Waals surface area contributed by atoms with Crippen molar-refractivity contribution >= 4 is 33.2 Å². The Hall–Kier alpha value is -0.990. The number of hydrogen-bond acceptors (Lipinski definition) is 1. The van der Waals surface area contributed by atoms with E-state index in [-0.39, 0.29) is 6.04 Å². The van der Waals surface area contributed by atoms with E-state index in [2.05, 4.69) is 60.2 Å². The molecule has 2 aromatic rings. The number of nitrogens with one attached hydrogen (secondary N) is 1. The molecule has 2 rings (SSSR count). The van der Waals surface area contributed by atoms with Crippen molar-refractivity contribution in [2.75, 3.05) is 5.32 Å². The molecular formula is C16H17BrClN. The summed E-state index contributed by atoms with van der Waals surface area (Å²) in [6, 6.07) is 12.7. The van der Waals surface area contributed by atoms with E-state index >= 15 is 0 Å². The number of aryl methyl sites for hydroxylation is 2. The molecule has 0 aliphatic carbocycles. The first-order valence-electron chi connectivity index (χ1n) is 6.25. The lowest BCUT2D eigenvalue weighted by Crippen LogP contribution is -2.07. The third-order valence-electron chi connectivity index (χ3n) is 3.05. The number of anilines is 1. The van der Waals surface area contributed by atoms with Crippen LogP contribution in [0.25, 0.3) is 0 Å². The van der Waals surface area contributed by atoms with Crippen LogP contribution in [0.2, 0.25) is 5.02 Å². The smallest absolute Gasteiger partial charge is 0.0490 e. The van der Waals surface area contributed by atoms with Crippen LogP contribution in [0.3, 0.4) is 0 Å². The second kappa shape index (κ2) is 5.98. The Labute approximate surface area is 128 Å². The van der Waals surface area contributed by atoms with Crippen LogP contribution in [0.15, 0.2) is 40.9 Å². The second-order valence-corrected chi connectivity index (χ2v) is 6.20. The van der Waals surface area contributed by atoms with Crippen molar-refractivity contribution in [2.45, 2.75) is 26.8 Å². The van der Waals surface area contributed by atoms with E-state index in [1.165, 1.54) is 16.7 Å². The fourth-order valence-corrected chi connectivity index (χ4v) is 2.98. The maximum atomic E-state index is 5.95. The molecule has 100 valence electrons. The highest BCUT2D eigenvalue weighted by molar-refractivity contribution is 9.10. The molecule has 0 saturated heterocycles. The highest BCUT2D eigenvalue weighted by Crippen LogP contribution is 2.29. The highest BCUT2D eigenvalue weighted by atomic mass is 79.9. The van der Waals surface area contributed by atoms with Gasteiger partial charge in [-0.3, -0.25) is 0 Å².